The van der Waals surface area contributed by atoms with Gasteiger partial charge in [-0.3, -0.25) is 0 Å². The molecule has 0 spiro atoms. The summed E-state index contributed by atoms with van der Waals surface area (Å²) in [6, 6.07) is 13.4. The maximum atomic E-state index is 6.38. The summed E-state index contributed by atoms with van der Waals surface area (Å²) in [7, 11) is 1.68. The molecule has 1 unspecified atom stereocenters. The number of rotatable bonds is 6. The van der Waals surface area contributed by atoms with Crippen LogP contribution in [0.2, 0.25) is 10.0 Å². The molecule has 2 aromatic rings. The molecule has 0 amide bonds. The SMILES string of the molecule is CCCNC(c1cc(Cl)ccc1Cl)c1ccccc1OC. The summed E-state index contributed by atoms with van der Waals surface area (Å²) in [5.41, 5.74) is 2.01. The Morgan fingerprint density at radius 3 is 2.57 bits per heavy atom. The van der Waals surface area contributed by atoms with Crippen molar-refractivity contribution in [2.45, 2.75) is 19.4 Å². The zero-order valence-corrected chi connectivity index (χ0v) is 13.7. The van der Waals surface area contributed by atoms with Crippen molar-refractivity contribution in [2.24, 2.45) is 0 Å². The molecule has 0 fully saturated rings. The number of halogens is 2. The van der Waals surface area contributed by atoms with Crippen molar-refractivity contribution in [3.8, 4) is 5.75 Å². The molecule has 0 aliphatic heterocycles. The highest BCUT2D eigenvalue weighted by Crippen LogP contribution is 2.34. The number of hydrogen-bond acceptors (Lipinski definition) is 2. The fourth-order valence-corrected chi connectivity index (χ4v) is 2.72. The van der Waals surface area contributed by atoms with Crippen molar-refractivity contribution in [1.82, 2.24) is 5.32 Å². The van der Waals surface area contributed by atoms with E-state index in [1.807, 2.05) is 36.4 Å². The van der Waals surface area contributed by atoms with Gasteiger partial charge in [-0.05, 0) is 42.8 Å². The van der Waals surface area contributed by atoms with E-state index in [1.54, 1.807) is 13.2 Å². The number of nitrogens with one attached hydrogen (secondary N) is 1. The Labute approximate surface area is 136 Å². The monoisotopic (exact) mass is 323 g/mol. The Morgan fingerprint density at radius 1 is 1.10 bits per heavy atom. The van der Waals surface area contributed by atoms with Crippen LogP contribution < -0.4 is 10.1 Å². The summed E-state index contributed by atoms with van der Waals surface area (Å²) in [6.07, 6.45) is 1.03. The first-order valence-electron chi connectivity index (χ1n) is 6.98. The Hall–Kier alpha value is -1.22. The number of benzene rings is 2. The molecular formula is C17H19Cl2NO. The normalized spacial score (nSPS) is 12.2. The van der Waals surface area contributed by atoms with Crippen LogP contribution in [0, 0.1) is 0 Å². The standard InChI is InChI=1S/C17H19Cl2NO/c1-3-10-20-17(13-6-4-5-7-16(13)21-2)14-11-12(18)8-9-15(14)19/h4-9,11,17,20H,3,10H2,1-2H3. The van der Waals surface area contributed by atoms with Crippen LogP contribution in [-0.4, -0.2) is 13.7 Å². The van der Waals surface area contributed by atoms with Crippen molar-refractivity contribution in [2.75, 3.05) is 13.7 Å². The van der Waals surface area contributed by atoms with E-state index >= 15 is 0 Å². The molecule has 0 aromatic heterocycles. The highest BCUT2D eigenvalue weighted by atomic mass is 35.5. The zero-order chi connectivity index (χ0) is 15.2. The van der Waals surface area contributed by atoms with E-state index in [0.29, 0.717) is 10.0 Å². The van der Waals surface area contributed by atoms with E-state index in [-0.39, 0.29) is 6.04 Å². The van der Waals surface area contributed by atoms with Gasteiger partial charge in [-0.2, -0.15) is 0 Å². The molecular weight excluding hydrogens is 305 g/mol. The second-order valence-corrected chi connectivity index (χ2v) is 5.64. The lowest BCUT2D eigenvalue weighted by atomic mass is 9.97. The number of ether oxygens (including phenoxy) is 1. The average Bonchev–Trinajstić information content (AvgIpc) is 2.51. The van der Waals surface area contributed by atoms with Crippen LogP contribution in [-0.2, 0) is 0 Å². The molecule has 2 rings (SSSR count). The minimum atomic E-state index is -0.0488. The number of methoxy groups -OCH3 is 1. The van der Waals surface area contributed by atoms with Gasteiger partial charge in [0.05, 0.1) is 13.2 Å². The van der Waals surface area contributed by atoms with E-state index in [1.165, 1.54) is 0 Å². The third kappa shape index (κ3) is 3.91. The summed E-state index contributed by atoms with van der Waals surface area (Å²) in [5, 5.41) is 4.89. The topological polar surface area (TPSA) is 21.3 Å². The second kappa shape index (κ2) is 7.69. The van der Waals surface area contributed by atoms with Crippen molar-refractivity contribution in [3.63, 3.8) is 0 Å². The molecule has 4 heteroatoms. The minimum absolute atomic E-state index is 0.0488. The highest BCUT2D eigenvalue weighted by Gasteiger charge is 2.20. The molecule has 112 valence electrons. The first-order chi connectivity index (χ1) is 10.2. The molecule has 0 aliphatic rings. The summed E-state index contributed by atoms with van der Waals surface area (Å²) >= 11 is 12.5. The van der Waals surface area contributed by atoms with Crippen molar-refractivity contribution in [1.29, 1.82) is 0 Å². The summed E-state index contributed by atoms with van der Waals surface area (Å²) < 4.78 is 5.48. The van der Waals surface area contributed by atoms with Crippen LogP contribution in [0.3, 0.4) is 0 Å². The molecule has 1 atom stereocenters. The first kappa shape index (κ1) is 16.2. The molecule has 2 aromatic carbocycles. The van der Waals surface area contributed by atoms with Crippen LogP contribution >= 0.6 is 23.2 Å². The second-order valence-electron chi connectivity index (χ2n) is 4.79. The molecule has 21 heavy (non-hydrogen) atoms. The van der Waals surface area contributed by atoms with E-state index in [0.717, 1.165) is 29.8 Å². The van der Waals surface area contributed by atoms with Gasteiger partial charge in [0, 0.05) is 15.6 Å². The van der Waals surface area contributed by atoms with Crippen molar-refractivity contribution in [3.05, 3.63) is 63.6 Å². The van der Waals surface area contributed by atoms with Crippen molar-refractivity contribution < 1.29 is 4.74 Å². The van der Waals surface area contributed by atoms with Crippen LogP contribution in [0.15, 0.2) is 42.5 Å². The third-order valence-electron chi connectivity index (χ3n) is 3.32. The van der Waals surface area contributed by atoms with Crippen LogP contribution in [0.4, 0.5) is 0 Å². The predicted molar refractivity (Wildman–Crippen MR) is 89.6 cm³/mol. The van der Waals surface area contributed by atoms with Gasteiger partial charge in [0.15, 0.2) is 0 Å². The maximum absolute atomic E-state index is 6.38. The highest BCUT2D eigenvalue weighted by molar-refractivity contribution is 6.33. The largest absolute Gasteiger partial charge is 0.496 e. The van der Waals surface area contributed by atoms with Gasteiger partial charge in [-0.15, -0.1) is 0 Å². The Bertz CT molecular complexity index is 601. The smallest absolute Gasteiger partial charge is 0.123 e. The first-order valence-corrected chi connectivity index (χ1v) is 7.74. The van der Waals surface area contributed by atoms with E-state index in [9.17, 15) is 0 Å². The third-order valence-corrected chi connectivity index (χ3v) is 3.90. The van der Waals surface area contributed by atoms with Gasteiger partial charge in [0.2, 0.25) is 0 Å². The minimum Gasteiger partial charge on any atom is -0.496 e. The molecule has 2 nitrogen and oxygen atoms in total. The van der Waals surface area contributed by atoms with E-state index in [4.69, 9.17) is 27.9 Å². The van der Waals surface area contributed by atoms with E-state index in [2.05, 4.69) is 12.2 Å². The van der Waals surface area contributed by atoms with Gasteiger partial charge >= 0.3 is 0 Å². The maximum Gasteiger partial charge on any atom is 0.123 e. The van der Waals surface area contributed by atoms with Gasteiger partial charge in [0.25, 0.3) is 0 Å². The number of para-hydroxylation sites is 1. The Balaban J connectivity index is 2.49. The van der Waals surface area contributed by atoms with Crippen LogP contribution in [0.5, 0.6) is 5.75 Å². The zero-order valence-electron chi connectivity index (χ0n) is 12.2. The molecule has 0 saturated carbocycles. The molecule has 0 saturated heterocycles. The van der Waals surface area contributed by atoms with Gasteiger partial charge in [0.1, 0.15) is 5.75 Å². The fourth-order valence-electron chi connectivity index (χ4n) is 2.32. The van der Waals surface area contributed by atoms with Gasteiger partial charge in [-0.25, -0.2) is 0 Å². The Kier molecular flexibility index (Phi) is 5.92. The van der Waals surface area contributed by atoms with E-state index < -0.39 is 0 Å². The number of hydrogen-bond donors (Lipinski definition) is 1. The lowest BCUT2D eigenvalue weighted by Gasteiger charge is -2.23. The summed E-state index contributed by atoms with van der Waals surface area (Å²) in [4.78, 5) is 0. The Morgan fingerprint density at radius 2 is 1.86 bits per heavy atom. The molecule has 0 radical (unpaired) electrons. The quantitative estimate of drug-likeness (QED) is 0.799. The fraction of sp³-hybridized carbons (Fsp3) is 0.294. The van der Waals surface area contributed by atoms with Crippen LogP contribution in [0.25, 0.3) is 0 Å². The summed E-state index contributed by atoms with van der Waals surface area (Å²) in [6.45, 7) is 3.01. The van der Waals surface area contributed by atoms with Crippen LogP contribution in [0.1, 0.15) is 30.5 Å². The molecule has 0 aliphatic carbocycles. The summed E-state index contributed by atoms with van der Waals surface area (Å²) in [5.74, 6) is 0.835. The lowest BCUT2D eigenvalue weighted by Crippen LogP contribution is -2.24. The van der Waals surface area contributed by atoms with Crippen molar-refractivity contribution >= 4 is 23.2 Å². The lowest BCUT2D eigenvalue weighted by molar-refractivity contribution is 0.404. The average molecular weight is 324 g/mol. The molecule has 0 bridgehead atoms. The molecule has 0 heterocycles. The predicted octanol–water partition coefficient (Wildman–Crippen LogP) is 5.09. The van der Waals surface area contributed by atoms with Gasteiger partial charge < -0.3 is 10.1 Å². The molecule has 1 N–H and O–H groups in total. The van der Waals surface area contributed by atoms with Gasteiger partial charge in [-0.1, -0.05) is 48.3 Å².